The molecule has 0 radical (unpaired) electrons. The Bertz CT molecular complexity index is 196. The summed E-state index contributed by atoms with van der Waals surface area (Å²) in [5.41, 5.74) is 0.392. The maximum absolute atomic E-state index is 2.91. The van der Waals surface area contributed by atoms with E-state index in [0.29, 0.717) is 5.54 Å². The molecule has 0 spiro atoms. The number of hydrogen-bond donors (Lipinski definition) is 0. The first-order chi connectivity index (χ1) is 6.36. The second kappa shape index (κ2) is 4.10. The van der Waals surface area contributed by atoms with Crippen LogP contribution in [0.2, 0.25) is 0 Å². The smallest absolute Gasteiger partial charge is 0.0968 e. The fourth-order valence-corrected chi connectivity index (χ4v) is 3.03. The zero-order chi connectivity index (χ0) is 11.0. The summed E-state index contributed by atoms with van der Waals surface area (Å²) in [6.07, 6.45) is 5.43. The van der Waals surface area contributed by atoms with Crippen molar-refractivity contribution < 1.29 is 4.48 Å². The molecule has 1 nitrogen and oxygen atoms in total. The predicted molar refractivity (Wildman–Crippen MR) is 67.6 cm³/mol. The molecule has 3 atom stereocenters. The van der Waals surface area contributed by atoms with Crippen LogP contribution in [0.3, 0.4) is 0 Å². The van der Waals surface area contributed by atoms with Crippen LogP contribution in [0.5, 0.6) is 0 Å². The van der Waals surface area contributed by atoms with Crippen molar-refractivity contribution in [2.24, 2.45) is 5.92 Å². The highest BCUT2D eigenvalue weighted by molar-refractivity contribution is 7.16. The highest BCUT2D eigenvalue weighted by Crippen LogP contribution is 2.41. The Morgan fingerprint density at radius 1 is 1.29 bits per heavy atom. The third kappa shape index (κ3) is 1.86. The van der Waals surface area contributed by atoms with Gasteiger partial charge in [0.05, 0.1) is 25.7 Å². The maximum atomic E-state index is 2.91. The molecule has 0 saturated heterocycles. The van der Waals surface area contributed by atoms with Crippen LogP contribution in [0.25, 0.3) is 0 Å². The first-order valence-electron chi connectivity index (χ1n) is 5.90. The van der Waals surface area contributed by atoms with E-state index < -0.39 is 0 Å². The molecule has 0 aromatic heterocycles. The minimum atomic E-state index is 0.392. The number of nitrogens with zero attached hydrogens (tertiary/aromatic N) is 1. The normalized spacial score (nSPS) is 28.7. The van der Waals surface area contributed by atoms with Crippen molar-refractivity contribution in [3.05, 3.63) is 0 Å². The van der Waals surface area contributed by atoms with Crippen molar-refractivity contribution in [2.75, 3.05) is 20.3 Å². The molecule has 1 rings (SSSR count). The minimum Gasteiger partial charge on any atom is -0.321 e. The summed E-state index contributed by atoms with van der Waals surface area (Å²) < 4.78 is 1.19. The van der Waals surface area contributed by atoms with Crippen LogP contribution in [0.4, 0.5) is 0 Å². The average Bonchev–Trinajstić information content (AvgIpc) is 2.02. The zero-order valence-corrected chi connectivity index (χ0v) is 11.7. The molecule has 0 amide bonds. The summed E-state index contributed by atoms with van der Waals surface area (Å²) in [4.78, 5) is 0. The maximum Gasteiger partial charge on any atom is 0.0968 e. The molecule has 14 heavy (non-hydrogen) atoms. The van der Waals surface area contributed by atoms with Gasteiger partial charge in [-0.15, -0.1) is 9.24 Å². The lowest BCUT2D eigenvalue weighted by Crippen LogP contribution is -2.67. The van der Waals surface area contributed by atoms with E-state index in [1.807, 2.05) is 0 Å². The first-order valence-corrected chi connectivity index (χ1v) is 6.72. The molecule has 84 valence electrons. The Labute approximate surface area is 92.0 Å². The molecule has 1 aliphatic rings. The topological polar surface area (TPSA) is 0 Å². The van der Waals surface area contributed by atoms with E-state index in [1.54, 1.807) is 0 Å². The van der Waals surface area contributed by atoms with Crippen LogP contribution in [0.15, 0.2) is 0 Å². The summed E-state index contributed by atoms with van der Waals surface area (Å²) >= 11 is 0. The van der Waals surface area contributed by atoms with Crippen LogP contribution in [0.1, 0.15) is 40.0 Å². The largest absolute Gasteiger partial charge is 0.321 e. The molecule has 0 aliphatic heterocycles. The second-order valence-electron chi connectivity index (χ2n) is 5.87. The van der Waals surface area contributed by atoms with Gasteiger partial charge in [0.15, 0.2) is 0 Å². The summed E-state index contributed by atoms with van der Waals surface area (Å²) in [5, 5.41) is 0. The second-order valence-corrected chi connectivity index (χ2v) is 6.28. The third-order valence-electron chi connectivity index (χ3n) is 4.79. The van der Waals surface area contributed by atoms with Gasteiger partial charge in [-0.1, -0.05) is 6.92 Å². The lowest BCUT2D eigenvalue weighted by molar-refractivity contribution is -0.966. The molecule has 0 bridgehead atoms. The van der Waals surface area contributed by atoms with Crippen LogP contribution < -0.4 is 0 Å². The Balaban J connectivity index is 2.74. The van der Waals surface area contributed by atoms with Crippen molar-refractivity contribution in [2.45, 2.75) is 51.6 Å². The van der Waals surface area contributed by atoms with Crippen molar-refractivity contribution in [1.82, 2.24) is 0 Å². The van der Waals surface area contributed by atoms with E-state index in [-0.39, 0.29) is 0 Å². The van der Waals surface area contributed by atoms with Gasteiger partial charge in [-0.2, -0.15) is 0 Å². The van der Waals surface area contributed by atoms with Gasteiger partial charge >= 0.3 is 0 Å². The van der Waals surface area contributed by atoms with Gasteiger partial charge in [0.25, 0.3) is 0 Å². The van der Waals surface area contributed by atoms with Crippen molar-refractivity contribution in [1.29, 1.82) is 0 Å². The molecule has 3 unspecified atom stereocenters. The molecular weight excluding hydrogens is 189 g/mol. The van der Waals surface area contributed by atoms with Crippen LogP contribution in [-0.4, -0.2) is 36.3 Å². The number of rotatable bonds is 4. The fraction of sp³-hybridized carbons (Fsp3) is 1.00. The van der Waals surface area contributed by atoms with Gasteiger partial charge in [0, 0.05) is 18.5 Å². The monoisotopic (exact) mass is 216 g/mol. The SMILES string of the molecule is CCC1CCC1[N+](C)(C)C(C)(C)CP. The highest BCUT2D eigenvalue weighted by atomic mass is 31.0. The van der Waals surface area contributed by atoms with Crippen molar-refractivity contribution in [3.63, 3.8) is 0 Å². The van der Waals surface area contributed by atoms with Gasteiger partial charge in [0.1, 0.15) is 0 Å². The van der Waals surface area contributed by atoms with Gasteiger partial charge in [-0.25, -0.2) is 0 Å². The lowest BCUT2D eigenvalue weighted by atomic mass is 9.74. The fourth-order valence-electron chi connectivity index (χ4n) is 2.56. The zero-order valence-electron chi connectivity index (χ0n) is 10.5. The number of hydrogen-bond acceptors (Lipinski definition) is 0. The quantitative estimate of drug-likeness (QED) is 0.501. The Morgan fingerprint density at radius 2 is 1.86 bits per heavy atom. The van der Waals surface area contributed by atoms with E-state index in [0.717, 1.165) is 12.0 Å². The van der Waals surface area contributed by atoms with Crippen LogP contribution >= 0.6 is 9.24 Å². The van der Waals surface area contributed by atoms with E-state index in [1.165, 1.54) is 29.9 Å². The molecule has 0 aromatic rings. The van der Waals surface area contributed by atoms with Gasteiger partial charge in [-0.3, -0.25) is 0 Å². The summed E-state index contributed by atoms with van der Waals surface area (Å²) in [5.74, 6) is 0.973. The van der Waals surface area contributed by atoms with E-state index in [4.69, 9.17) is 0 Å². The minimum absolute atomic E-state index is 0.392. The summed E-state index contributed by atoms with van der Waals surface area (Å²) in [7, 11) is 7.74. The molecule has 0 heterocycles. The van der Waals surface area contributed by atoms with Crippen molar-refractivity contribution in [3.8, 4) is 0 Å². The van der Waals surface area contributed by atoms with Gasteiger partial charge < -0.3 is 4.48 Å². The Morgan fingerprint density at radius 3 is 2.14 bits per heavy atom. The average molecular weight is 216 g/mol. The van der Waals surface area contributed by atoms with Crippen LogP contribution in [0, 0.1) is 5.92 Å². The van der Waals surface area contributed by atoms with E-state index in [9.17, 15) is 0 Å². The first kappa shape index (κ1) is 12.5. The molecule has 0 aromatic carbocycles. The summed E-state index contributed by atoms with van der Waals surface area (Å²) in [6, 6.07) is 0.899. The third-order valence-corrected chi connectivity index (χ3v) is 5.79. The predicted octanol–water partition coefficient (Wildman–Crippen LogP) is 2.91. The van der Waals surface area contributed by atoms with Gasteiger partial charge in [0.2, 0.25) is 0 Å². The van der Waals surface area contributed by atoms with Crippen LogP contribution in [-0.2, 0) is 0 Å². The highest BCUT2D eigenvalue weighted by Gasteiger charge is 2.48. The summed E-state index contributed by atoms with van der Waals surface area (Å²) in [6.45, 7) is 7.13. The molecule has 0 N–H and O–H groups in total. The Hall–Kier alpha value is 0.390. The molecule has 1 fully saturated rings. The van der Waals surface area contributed by atoms with E-state index in [2.05, 4.69) is 44.1 Å². The molecule has 1 saturated carbocycles. The Kier molecular flexibility index (Phi) is 3.65. The molecule has 2 heteroatoms. The lowest BCUT2D eigenvalue weighted by Gasteiger charge is -2.55. The molecule has 1 aliphatic carbocycles. The van der Waals surface area contributed by atoms with E-state index >= 15 is 0 Å². The van der Waals surface area contributed by atoms with Gasteiger partial charge in [-0.05, 0) is 26.7 Å². The molecular formula is C12H27NP+. The number of quaternary nitrogens is 1. The van der Waals surface area contributed by atoms with Crippen molar-refractivity contribution >= 4 is 9.24 Å². The standard InChI is InChI=1S/C12H27NP/c1-6-10-7-8-11(10)13(4,5)12(2,3)9-14/h10-11H,6-9,14H2,1-5H3/q+1.